The third kappa shape index (κ3) is 1.46. The summed E-state index contributed by atoms with van der Waals surface area (Å²) >= 11 is 0. The van der Waals surface area contributed by atoms with Gasteiger partial charge in [-0.2, -0.15) is 0 Å². The minimum atomic E-state index is -3.00. The lowest BCUT2D eigenvalue weighted by molar-refractivity contribution is 0.498. The molecule has 2 aromatic rings. The summed E-state index contributed by atoms with van der Waals surface area (Å²) in [4.78, 5) is 0. The first-order chi connectivity index (χ1) is 8.63. The molecule has 0 N–H and O–H groups in total. The molecule has 0 radical (unpaired) electrons. The van der Waals surface area contributed by atoms with E-state index in [2.05, 4.69) is 6.58 Å². The SMILES string of the molecule is C=C(C)P1(=O)Oc2ccccc2-c2ccccc21. The maximum atomic E-state index is 13.0. The number of benzene rings is 2. The zero-order valence-electron chi connectivity index (χ0n) is 10.1. The molecule has 90 valence electrons. The van der Waals surface area contributed by atoms with Crippen molar-refractivity contribution in [2.45, 2.75) is 6.92 Å². The molecular weight excluding hydrogens is 243 g/mol. The second-order valence-electron chi connectivity index (χ2n) is 4.39. The molecular formula is C15H13O2P. The quantitative estimate of drug-likeness (QED) is 0.715. The van der Waals surface area contributed by atoms with Crippen molar-refractivity contribution in [3.63, 3.8) is 0 Å². The summed E-state index contributed by atoms with van der Waals surface area (Å²) in [5, 5.41) is 1.32. The zero-order chi connectivity index (χ0) is 12.8. The van der Waals surface area contributed by atoms with E-state index in [9.17, 15) is 4.57 Å². The molecule has 3 heteroatoms. The molecule has 1 unspecified atom stereocenters. The molecule has 1 atom stereocenters. The summed E-state index contributed by atoms with van der Waals surface area (Å²) in [6.45, 7) is 5.59. The Labute approximate surface area is 106 Å². The minimum absolute atomic E-state index is 0.574. The number of para-hydroxylation sites is 1. The minimum Gasteiger partial charge on any atom is -0.436 e. The van der Waals surface area contributed by atoms with Crippen molar-refractivity contribution in [1.29, 1.82) is 0 Å². The van der Waals surface area contributed by atoms with Gasteiger partial charge in [0.2, 0.25) is 0 Å². The highest BCUT2D eigenvalue weighted by Gasteiger charge is 2.36. The maximum absolute atomic E-state index is 13.0. The van der Waals surface area contributed by atoms with Gasteiger partial charge in [-0.15, -0.1) is 0 Å². The molecule has 0 bridgehead atoms. The standard InChI is InChI=1S/C15H13O2P/c1-11(2)18(16)15-10-6-4-8-13(15)12-7-3-5-9-14(12)17-18/h3-10H,1H2,2H3. The number of rotatable bonds is 1. The van der Waals surface area contributed by atoms with Gasteiger partial charge in [0.05, 0.1) is 5.30 Å². The van der Waals surface area contributed by atoms with Crippen LogP contribution >= 0.6 is 7.37 Å². The van der Waals surface area contributed by atoms with E-state index in [1.165, 1.54) is 0 Å². The van der Waals surface area contributed by atoms with E-state index in [1.807, 2.05) is 48.5 Å². The first-order valence-electron chi connectivity index (χ1n) is 5.77. The highest BCUT2D eigenvalue weighted by molar-refractivity contribution is 7.71. The summed E-state index contributed by atoms with van der Waals surface area (Å²) in [5.41, 5.74) is 1.96. The fraction of sp³-hybridized carbons (Fsp3) is 0.0667. The predicted octanol–water partition coefficient (Wildman–Crippen LogP) is 4.18. The van der Waals surface area contributed by atoms with Gasteiger partial charge < -0.3 is 4.52 Å². The molecule has 0 aliphatic carbocycles. The first-order valence-corrected chi connectivity index (χ1v) is 7.40. The van der Waals surface area contributed by atoms with Crippen LogP contribution in [-0.2, 0) is 4.57 Å². The maximum Gasteiger partial charge on any atom is 0.302 e. The van der Waals surface area contributed by atoms with Gasteiger partial charge in [0, 0.05) is 10.9 Å². The summed E-state index contributed by atoms with van der Waals surface area (Å²) in [5.74, 6) is 0.669. The Morgan fingerprint density at radius 2 is 1.67 bits per heavy atom. The van der Waals surface area contributed by atoms with Gasteiger partial charge in [-0.05, 0) is 24.6 Å². The topological polar surface area (TPSA) is 26.3 Å². The average molecular weight is 256 g/mol. The normalized spacial score (nSPS) is 20.5. The summed E-state index contributed by atoms with van der Waals surface area (Å²) < 4.78 is 18.8. The van der Waals surface area contributed by atoms with E-state index >= 15 is 0 Å². The van der Waals surface area contributed by atoms with E-state index in [0.717, 1.165) is 16.4 Å². The smallest absolute Gasteiger partial charge is 0.302 e. The van der Waals surface area contributed by atoms with Crippen LogP contribution in [0.2, 0.25) is 0 Å². The van der Waals surface area contributed by atoms with Gasteiger partial charge in [0.1, 0.15) is 5.75 Å². The molecule has 1 heterocycles. The molecule has 3 rings (SSSR count). The highest BCUT2D eigenvalue weighted by atomic mass is 31.2. The average Bonchev–Trinajstić information content (AvgIpc) is 2.39. The lowest BCUT2D eigenvalue weighted by Gasteiger charge is -2.28. The number of hydrogen-bond acceptors (Lipinski definition) is 2. The fourth-order valence-corrected chi connectivity index (χ4v) is 4.09. The van der Waals surface area contributed by atoms with E-state index in [4.69, 9.17) is 4.52 Å². The molecule has 0 saturated heterocycles. The molecule has 1 aliphatic rings. The van der Waals surface area contributed by atoms with Crippen molar-refractivity contribution in [2.24, 2.45) is 0 Å². The van der Waals surface area contributed by atoms with E-state index in [0.29, 0.717) is 11.1 Å². The van der Waals surface area contributed by atoms with Gasteiger partial charge in [0.15, 0.2) is 0 Å². The van der Waals surface area contributed by atoms with Crippen LogP contribution in [0.3, 0.4) is 0 Å². The van der Waals surface area contributed by atoms with Crippen molar-refractivity contribution in [3.05, 3.63) is 60.4 Å². The molecule has 2 aromatic carbocycles. The largest absolute Gasteiger partial charge is 0.436 e. The van der Waals surface area contributed by atoms with Crippen LogP contribution in [0.5, 0.6) is 5.75 Å². The van der Waals surface area contributed by atoms with Crippen molar-refractivity contribution < 1.29 is 9.09 Å². The second-order valence-corrected chi connectivity index (χ2v) is 6.92. The van der Waals surface area contributed by atoms with Crippen molar-refractivity contribution in [1.82, 2.24) is 0 Å². The lowest BCUT2D eigenvalue weighted by atomic mass is 10.0. The third-order valence-electron chi connectivity index (χ3n) is 3.13. The number of fused-ring (bicyclic) bond motifs is 3. The van der Waals surface area contributed by atoms with Crippen LogP contribution in [-0.4, -0.2) is 0 Å². The molecule has 1 aliphatic heterocycles. The molecule has 2 nitrogen and oxygen atoms in total. The summed E-state index contributed by atoms with van der Waals surface area (Å²) in [6, 6.07) is 15.3. The van der Waals surface area contributed by atoms with Crippen LogP contribution < -0.4 is 9.83 Å². The van der Waals surface area contributed by atoms with Gasteiger partial charge in [0.25, 0.3) is 0 Å². The Balaban J connectivity index is 2.37. The molecule has 0 aromatic heterocycles. The summed E-state index contributed by atoms with van der Waals surface area (Å²) in [7, 11) is -3.00. The van der Waals surface area contributed by atoms with Gasteiger partial charge in [-0.3, -0.25) is 4.57 Å². The monoisotopic (exact) mass is 256 g/mol. The van der Waals surface area contributed by atoms with Crippen LogP contribution in [0.15, 0.2) is 60.4 Å². The highest BCUT2D eigenvalue weighted by Crippen LogP contribution is 2.58. The first kappa shape index (κ1) is 11.3. The third-order valence-corrected chi connectivity index (χ3v) is 5.61. The Hall–Kier alpha value is -1.79. The Bertz CT molecular complexity index is 688. The molecule has 0 amide bonds. The second kappa shape index (κ2) is 3.86. The van der Waals surface area contributed by atoms with Gasteiger partial charge in [-0.25, -0.2) is 0 Å². The van der Waals surface area contributed by atoms with Crippen LogP contribution in [0.4, 0.5) is 0 Å². The molecule has 0 fully saturated rings. The van der Waals surface area contributed by atoms with Crippen LogP contribution in [0.1, 0.15) is 6.92 Å². The van der Waals surface area contributed by atoms with Crippen molar-refractivity contribution >= 4 is 12.7 Å². The van der Waals surface area contributed by atoms with Gasteiger partial charge in [-0.1, -0.05) is 43.0 Å². The zero-order valence-corrected chi connectivity index (χ0v) is 11.0. The Morgan fingerprint density at radius 3 is 2.39 bits per heavy atom. The predicted molar refractivity (Wildman–Crippen MR) is 74.6 cm³/mol. The lowest BCUT2D eigenvalue weighted by Crippen LogP contribution is -2.17. The fourth-order valence-electron chi connectivity index (χ4n) is 2.20. The molecule has 0 saturated carbocycles. The van der Waals surface area contributed by atoms with E-state index < -0.39 is 7.37 Å². The summed E-state index contributed by atoms with van der Waals surface area (Å²) in [6.07, 6.45) is 0. The van der Waals surface area contributed by atoms with Crippen LogP contribution in [0, 0.1) is 0 Å². The van der Waals surface area contributed by atoms with E-state index in [1.54, 1.807) is 6.92 Å². The Kier molecular flexibility index (Phi) is 2.42. The molecule has 0 spiro atoms. The number of hydrogen-bond donors (Lipinski definition) is 0. The number of allylic oxidation sites excluding steroid dienone is 1. The van der Waals surface area contributed by atoms with Crippen molar-refractivity contribution in [3.8, 4) is 16.9 Å². The van der Waals surface area contributed by atoms with Crippen molar-refractivity contribution in [2.75, 3.05) is 0 Å². The molecule has 18 heavy (non-hydrogen) atoms. The van der Waals surface area contributed by atoms with Crippen LogP contribution in [0.25, 0.3) is 11.1 Å². The Morgan fingerprint density at radius 1 is 1.06 bits per heavy atom. The van der Waals surface area contributed by atoms with Gasteiger partial charge >= 0.3 is 7.37 Å². The van der Waals surface area contributed by atoms with E-state index in [-0.39, 0.29) is 0 Å².